The van der Waals surface area contributed by atoms with E-state index in [1.54, 1.807) is 42.1 Å². The molecule has 1 aliphatic heterocycles. The second-order valence-corrected chi connectivity index (χ2v) is 6.70. The summed E-state index contributed by atoms with van der Waals surface area (Å²) in [6, 6.07) is 8.73. The number of carbonyl (C=O) groups excluding carboxylic acids is 2. The second kappa shape index (κ2) is 7.70. The summed E-state index contributed by atoms with van der Waals surface area (Å²) in [5, 5.41) is 0.725. The average molecular weight is 357 g/mol. The summed E-state index contributed by atoms with van der Waals surface area (Å²) < 4.78 is 5.27. The summed E-state index contributed by atoms with van der Waals surface area (Å²) in [7, 11) is 3.46. The molecule has 0 bridgehead atoms. The number of hydrogen-bond acceptors (Lipinski definition) is 5. The van der Waals surface area contributed by atoms with Crippen LogP contribution in [0.2, 0.25) is 0 Å². The van der Waals surface area contributed by atoms with Crippen LogP contribution in [0.3, 0.4) is 0 Å². The maximum Gasteiger partial charge on any atom is 0.349 e. The van der Waals surface area contributed by atoms with E-state index in [-0.39, 0.29) is 17.4 Å². The number of amides is 2. The van der Waals surface area contributed by atoms with E-state index in [1.807, 2.05) is 17.0 Å². The third-order valence-corrected chi connectivity index (χ3v) is 4.61. The van der Waals surface area contributed by atoms with Gasteiger partial charge < -0.3 is 14.2 Å². The van der Waals surface area contributed by atoms with E-state index in [0.29, 0.717) is 31.8 Å². The van der Waals surface area contributed by atoms with Gasteiger partial charge in [0.05, 0.1) is 6.54 Å². The minimum absolute atomic E-state index is 0.0416. The highest BCUT2D eigenvalue weighted by Gasteiger charge is 2.24. The fourth-order valence-electron chi connectivity index (χ4n) is 3.05. The first-order valence-electron chi connectivity index (χ1n) is 8.70. The van der Waals surface area contributed by atoms with E-state index < -0.39 is 5.63 Å². The molecule has 0 saturated carbocycles. The van der Waals surface area contributed by atoms with Crippen LogP contribution < -0.4 is 5.63 Å². The minimum Gasteiger partial charge on any atom is -0.422 e. The van der Waals surface area contributed by atoms with E-state index in [1.165, 1.54) is 0 Å². The van der Waals surface area contributed by atoms with Crippen LogP contribution in [0.5, 0.6) is 0 Å². The lowest BCUT2D eigenvalue weighted by Gasteiger charge is -2.22. The quantitative estimate of drug-likeness (QED) is 0.767. The van der Waals surface area contributed by atoms with Crippen molar-refractivity contribution in [1.29, 1.82) is 0 Å². The van der Waals surface area contributed by atoms with Crippen molar-refractivity contribution >= 4 is 22.8 Å². The number of fused-ring (bicyclic) bond motifs is 1. The van der Waals surface area contributed by atoms with Gasteiger partial charge in [0.15, 0.2) is 0 Å². The zero-order valence-electron chi connectivity index (χ0n) is 15.1. The number of para-hydroxylation sites is 1. The van der Waals surface area contributed by atoms with E-state index in [2.05, 4.69) is 0 Å². The number of likely N-dealkylation sites (N-methyl/N-ethyl adjacent to an activating group) is 1. The Bertz CT molecular complexity index is 874. The van der Waals surface area contributed by atoms with Crippen molar-refractivity contribution in [3.63, 3.8) is 0 Å². The van der Waals surface area contributed by atoms with Crippen LogP contribution in [0.1, 0.15) is 16.8 Å². The van der Waals surface area contributed by atoms with Crippen LogP contribution in [-0.4, -0.2) is 73.3 Å². The summed E-state index contributed by atoms with van der Waals surface area (Å²) in [5.74, 6) is -0.273. The summed E-state index contributed by atoms with van der Waals surface area (Å²) in [6.07, 6.45) is 0.755. The highest BCUT2D eigenvalue weighted by Crippen LogP contribution is 2.14. The Hall–Kier alpha value is -2.67. The third kappa shape index (κ3) is 3.94. The van der Waals surface area contributed by atoms with Gasteiger partial charge in [-0.3, -0.25) is 14.5 Å². The van der Waals surface area contributed by atoms with E-state index in [0.717, 1.165) is 18.4 Å². The number of nitrogens with zero attached hydrogens (tertiary/aromatic N) is 3. The van der Waals surface area contributed by atoms with E-state index in [4.69, 9.17) is 4.42 Å². The Balaban J connectivity index is 1.73. The maximum absolute atomic E-state index is 12.8. The van der Waals surface area contributed by atoms with Crippen LogP contribution in [0.25, 0.3) is 11.0 Å². The van der Waals surface area contributed by atoms with Crippen LogP contribution in [0.4, 0.5) is 0 Å². The maximum atomic E-state index is 12.8. The molecular formula is C19H23N3O4. The first-order valence-corrected chi connectivity index (χ1v) is 8.70. The molecule has 0 spiro atoms. The van der Waals surface area contributed by atoms with Gasteiger partial charge in [0.2, 0.25) is 5.91 Å². The molecule has 2 amide bonds. The van der Waals surface area contributed by atoms with Gasteiger partial charge in [-0.1, -0.05) is 18.2 Å². The zero-order valence-corrected chi connectivity index (χ0v) is 15.1. The molecule has 1 saturated heterocycles. The fraction of sp³-hybridized carbons (Fsp3) is 0.421. The van der Waals surface area contributed by atoms with Crippen molar-refractivity contribution in [1.82, 2.24) is 14.7 Å². The molecule has 0 atom stereocenters. The van der Waals surface area contributed by atoms with Crippen LogP contribution in [-0.2, 0) is 4.79 Å². The highest BCUT2D eigenvalue weighted by molar-refractivity contribution is 5.96. The smallest absolute Gasteiger partial charge is 0.349 e. The van der Waals surface area contributed by atoms with E-state index >= 15 is 0 Å². The van der Waals surface area contributed by atoms with Gasteiger partial charge in [0.1, 0.15) is 11.1 Å². The lowest BCUT2D eigenvalue weighted by atomic mass is 10.1. The van der Waals surface area contributed by atoms with Gasteiger partial charge >= 0.3 is 5.63 Å². The van der Waals surface area contributed by atoms with Crippen LogP contribution >= 0.6 is 0 Å². The summed E-state index contributed by atoms with van der Waals surface area (Å²) in [6.45, 7) is 2.72. The van der Waals surface area contributed by atoms with Crippen LogP contribution in [0.15, 0.2) is 39.5 Å². The number of benzene rings is 1. The molecule has 0 N–H and O–H groups in total. The summed E-state index contributed by atoms with van der Waals surface area (Å²) in [4.78, 5) is 42.2. The van der Waals surface area contributed by atoms with Crippen molar-refractivity contribution in [2.75, 3.05) is 46.8 Å². The molecule has 1 aliphatic rings. The second-order valence-electron chi connectivity index (χ2n) is 6.70. The molecule has 26 heavy (non-hydrogen) atoms. The average Bonchev–Trinajstić information content (AvgIpc) is 2.86. The summed E-state index contributed by atoms with van der Waals surface area (Å²) >= 11 is 0. The Labute approximate surface area is 151 Å². The highest BCUT2D eigenvalue weighted by atomic mass is 16.4. The lowest BCUT2D eigenvalue weighted by Crippen LogP contribution is -2.40. The standard InChI is InChI=1S/C19H23N3O4/c1-20(2)17(23)13-21-8-5-9-22(11-10-21)18(24)15-12-14-6-3-4-7-16(14)26-19(15)25/h3-4,6-7,12H,5,8-11,13H2,1-2H3. The Morgan fingerprint density at radius 2 is 1.88 bits per heavy atom. The molecular weight excluding hydrogens is 334 g/mol. The van der Waals surface area contributed by atoms with Gasteiger partial charge in [-0.25, -0.2) is 4.79 Å². The van der Waals surface area contributed by atoms with Crippen molar-refractivity contribution in [3.8, 4) is 0 Å². The molecule has 2 heterocycles. The topological polar surface area (TPSA) is 74.1 Å². The van der Waals surface area contributed by atoms with Crippen molar-refractivity contribution in [3.05, 3.63) is 46.3 Å². The zero-order chi connectivity index (χ0) is 18.7. The summed E-state index contributed by atoms with van der Waals surface area (Å²) in [5.41, 5.74) is -0.0857. The van der Waals surface area contributed by atoms with Gasteiger partial charge in [-0.2, -0.15) is 0 Å². The predicted molar refractivity (Wildman–Crippen MR) is 98.1 cm³/mol. The monoisotopic (exact) mass is 357 g/mol. The Morgan fingerprint density at radius 3 is 2.65 bits per heavy atom. The van der Waals surface area contributed by atoms with Gasteiger partial charge in [-0.05, 0) is 18.6 Å². The minimum atomic E-state index is -0.613. The molecule has 0 radical (unpaired) electrons. The molecule has 7 nitrogen and oxygen atoms in total. The molecule has 138 valence electrons. The van der Waals surface area contributed by atoms with Gasteiger partial charge in [0.25, 0.3) is 5.91 Å². The van der Waals surface area contributed by atoms with Crippen molar-refractivity contribution < 1.29 is 14.0 Å². The molecule has 2 aromatic rings. The van der Waals surface area contributed by atoms with Crippen molar-refractivity contribution in [2.24, 2.45) is 0 Å². The Kier molecular flexibility index (Phi) is 5.37. The van der Waals surface area contributed by atoms with E-state index in [9.17, 15) is 14.4 Å². The Morgan fingerprint density at radius 1 is 1.12 bits per heavy atom. The first-order chi connectivity index (χ1) is 12.5. The van der Waals surface area contributed by atoms with Crippen molar-refractivity contribution in [2.45, 2.75) is 6.42 Å². The molecule has 1 aromatic carbocycles. The largest absolute Gasteiger partial charge is 0.422 e. The molecule has 3 rings (SSSR count). The SMILES string of the molecule is CN(C)C(=O)CN1CCCN(C(=O)c2cc3ccccc3oc2=O)CC1. The van der Waals surface area contributed by atoms with Crippen LogP contribution in [0, 0.1) is 0 Å². The molecule has 1 fully saturated rings. The number of carbonyl (C=O) groups is 2. The molecule has 0 aliphatic carbocycles. The number of rotatable bonds is 3. The first kappa shape index (κ1) is 18.1. The lowest BCUT2D eigenvalue weighted by molar-refractivity contribution is -0.129. The molecule has 0 unspecified atom stereocenters. The molecule has 7 heteroatoms. The molecule has 1 aromatic heterocycles. The fourth-order valence-corrected chi connectivity index (χ4v) is 3.05. The van der Waals surface area contributed by atoms with Gasteiger partial charge in [0, 0.05) is 45.7 Å². The predicted octanol–water partition coefficient (Wildman–Crippen LogP) is 1.03. The normalized spacial score (nSPS) is 15.7. The number of hydrogen-bond donors (Lipinski definition) is 0. The third-order valence-electron chi connectivity index (χ3n) is 4.61. The van der Waals surface area contributed by atoms with Gasteiger partial charge in [-0.15, -0.1) is 0 Å².